The molecule has 0 amide bonds. The van der Waals surface area contributed by atoms with Crippen molar-refractivity contribution in [3.63, 3.8) is 0 Å². The zero-order valence-electron chi connectivity index (χ0n) is 11.5. The van der Waals surface area contributed by atoms with E-state index < -0.39 is 32.4 Å². The molecule has 1 aliphatic carbocycles. The van der Waals surface area contributed by atoms with Crippen LogP contribution in [0, 0.1) is 16.7 Å². The molecule has 0 saturated heterocycles. The average Bonchev–Trinajstić information content (AvgIpc) is 3.09. The number of carbonyl (C=O) groups is 1. The Balaban J connectivity index is 2.53. The van der Waals surface area contributed by atoms with Crippen molar-refractivity contribution in [3.05, 3.63) is 34.9 Å². The van der Waals surface area contributed by atoms with Crippen molar-refractivity contribution >= 4 is 27.4 Å². The topological polar surface area (TPSA) is 84.2 Å². The van der Waals surface area contributed by atoms with E-state index in [1.54, 1.807) is 31.2 Å². The predicted molar refractivity (Wildman–Crippen MR) is 77.5 cm³/mol. The number of carbonyl (C=O) groups excluding carboxylic acids is 1. The Morgan fingerprint density at radius 1 is 1.52 bits per heavy atom. The van der Waals surface area contributed by atoms with Crippen LogP contribution in [0.5, 0.6) is 0 Å². The van der Waals surface area contributed by atoms with Gasteiger partial charge in [0.05, 0.1) is 12.7 Å². The molecule has 5 nitrogen and oxygen atoms in total. The molecule has 0 aromatic heterocycles. The van der Waals surface area contributed by atoms with E-state index in [0.29, 0.717) is 10.6 Å². The summed E-state index contributed by atoms with van der Waals surface area (Å²) in [4.78, 5) is 12.1. The summed E-state index contributed by atoms with van der Waals surface area (Å²) in [5.41, 5.74) is -1.14. The molecule has 3 atom stereocenters. The molecule has 0 heterocycles. The lowest BCUT2D eigenvalue weighted by Gasteiger charge is -2.08. The Labute approximate surface area is 128 Å². The second-order valence-corrected chi connectivity index (χ2v) is 7.59. The van der Waals surface area contributed by atoms with Gasteiger partial charge in [0, 0.05) is 17.2 Å². The summed E-state index contributed by atoms with van der Waals surface area (Å²) in [6, 6.07) is 8.39. The standard InChI is InChI=1S/C14H14ClNO4S/c1-3-20-13(17)14(8-16)11(12(14)21(2,18)19)9-5-4-6-10(15)7-9/h4-7,11-12H,3H2,1-2H3/t11-,12+,14-/m1/s1. The van der Waals surface area contributed by atoms with E-state index in [0.717, 1.165) is 6.26 Å². The molecular formula is C14H14ClNO4S. The number of halogens is 1. The van der Waals surface area contributed by atoms with E-state index in [1.165, 1.54) is 0 Å². The Kier molecular flexibility index (Phi) is 4.00. The number of rotatable bonds is 4. The maximum absolute atomic E-state index is 12.1. The second kappa shape index (κ2) is 5.32. The summed E-state index contributed by atoms with van der Waals surface area (Å²) in [6.07, 6.45) is 1.02. The summed E-state index contributed by atoms with van der Waals surface area (Å²) >= 11 is 5.91. The van der Waals surface area contributed by atoms with Crippen LogP contribution in [-0.2, 0) is 19.4 Å². The molecule has 0 spiro atoms. The first kappa shape index (κ1) is 15.8. The van der Waals surface area contributed by atoms with E-state index in [1.807, 2.05) is 6.07 Å². The van der Waals surface area contributed by atoms with Crippen molar-refractivity contribution in [2.75, 3.05) is 12.9 Å². The van der Waals surface area contributed by atoms with Gasteiger partial charge in [-0.2, -0.15) is 5.26 Å². The van der Waals surface area contributed by atoms with E-state index in [2.05, 4.69) is 0 Å². The fraction of sp³-hybridized carbons (Fsp3) is 0.429. The predicted octanol–water partition coefficient (Wildman–Crippen LogP) is 1.92. The van der Waals surface area contributed by atoms with Crippen molar-refractivity contribution in [2.45, 2.75) is 18.1 Å². The molecule has 0 bridgehead atoms. The van der Waals surface area contributed by atoms with Crippen LogP contribution in [0.4, 0.5) is 0 Å². The lowest BCUT2D eigenvalue weighted by Crippen LogP contribution is -2.24. The maximum Gasteiger partial charge on any atom is 0.328 e. The minimum absolute atomic E-state index is 0.0843. The molecule has 1 saturated carbocycles. The Morgan fingerprint density at radius 3 is 2.67 bits per heavy atom. The SMILES string of the molecule is CCOC(=O)[C@]1(C#N)[C@H](c2cccc(Cl)c2)[C@@H]1S(C)(=O)=O. The van der Waals surface area contributed by atoms with Crippen LogP contribution in [0.15, 0.2) is 24.3 Å². The molecule has 0 aliphatic heterocycles. The van der Waals surface area contributed by atoms with Crippen LogP contribution < -0.4 is 0 Å². The third kappa shape index (κ3) is 2.52. The number of nitrogens with zero attached hydrogens (tertiary/aromatic N) is 1. The van der Waals surface area contributed by atoms with Gasteiger partial charge in [0.15, 0.2) is 15.3 Å². The summed E-state index contributed by atoms with van der Waals surface area (Å²) in [5.74, 6) is -1.55. The smallest absolute Gasteiger partial charge is 0.328 e. The van der Waals surface area contributed by atoms with Gasteiger partial charge in [-0.05, 0) is 24.6 Å². The Bertz CT molecular complexity index is 725. The molecule has 1 aromatic rings. The number of nitriles is 1. The first-order valence-electron chi connectivity index (χ1n) is 6.31. The molecule has 0 radical (unpaired) electrons. The summed E-state index contributed by atoms with van der Waals surface area (Å²) in [6.45, 7) is 1.69. The highest BCUT2D eigenvalue weighted by molar-refractivity contribution is 7.91. The van der Waals surface area contributed by atoms with Crippen LogP contribution in [0.25, 0.3) is 0 Å². The lowest BCUT2D eigenvalue weighted by atomic mass is 10.0. The highest BCUT2D eigenvalue weighted by Crippen LogP contribution is 2.63. The van der Waals surface area contributed by atoms with Gasteiger partial charge in [-0.15, -0.1) is 0 Å². The van der Waals surface area contributed by atoms with Crippen LogP contribution >= 0.6 is 11.6 Å². The van der Waals surface area contributed by atoms with Crippen LogP contribution in [0.2, 0.25) is 5.02 Å². The molecule has 21 heavy (non-hydrogen) atoms. The molecule has 1 aliphatic rings. The normalized spacial score (nSPS) is 27.7. The van der Waals surface area contributed by atoms with Crippen molar-refractivity contribution in [3.8, 4) is 6.07 Å². The van der Waals surface area contributed by atoms with Gasteiger partial charge in [-0.25, -0.2) is 8.42 Å². The minimum atomic E-state index is -3.59. The number of hydrogen-bond acceptors (Lipinski definition) is 5. The first-order valence-corrected chi connectivity index (χ1v) is 8.65. The average molecular weight is 328 g/mol. The number of ether oxygens (including phenoxy) is 1. The zero-order valence-corrected chi connectivity index (χ0v) is 13.1. The summed E-state index contributed by atoms with van der Waals surface area (Å²) in [5, 5.41) is 8.75. The van der Waals surface area contributed by atoms with Gasteiger partial charge in [0.1, 0.15) is 5.25 Å². The first-order chi connectivity index (χ1) is 9.79. The molecule has 112 valence electrons. The van der Waals surface area contributed by atoms with Gasteiger partial charge < -0.3 is 4.74 Å². The number of sulfone groups is 1. The van der Waals surface area contributed by atoms with Crippen LogP contribution in [0.1, 0.15) is 18.4 Å². The quantitative estimate of drug-likeness (QED) is 0.789. The number of benzene rings is 1. The van der Waals surface area contributed by atoms with Gasteiger partial charge in [0.2, 0.25) is 0 Å². The van der Waals surface area contributed by atoms with Crippen molar-refractivity contribution in [1.82, 2.24) is 0 Å². The molecule has 0 unspecified atom stereocenters. The lowest BCUT2D eigenvalue weighted by molar-refractivity contribution is -0.147. The van der Waals surface area contributed by atoms with E-state index in [-0.39, 0.29) is 6.61 Å². The van der Waals surface area contributed by atoms with Gasteiger partial charge >= 0.3 is 5.97 Å². The Hall–Kier alpha value is -1.58. The molecule has 1 aromatic carbocycles. The van der Waals surface area contributed by atoms with Gasteiger partial charge in [0.25, 0.3) is 0 Å². The van der Waals surface area contributed by atoms with Gasteiger partial charge in [-0.1, -0.05) is 23.7 Å². The number of hydrogen-bond donors (Lipinski definition) is 0. The van der Waals surface area contributed by atoms with Crippen molar-refractivity contribution < 1.29 is 17.9 Å². The molecular weight excluding hydrogens is 314 g/mol. The fourth-order valence-corrected chi connectivity index (χ4v) is 4.71. The third-order valence-corrected chi connectivity index (χ3v) is 5.40. The summed E-state index contributed by atoms with van der Waals surface area (Å²) < 4.78 is 28.8. The highest BCUT2D eigenvalue weighted by atomic mass is 35.5. The Morgan fingerprint density at radius 2 is 2.19 bits per heavy atom. The van der Waals surface area contributed by atoms with Crippen molar-refractivity contribution in [2.24, 2.45) is 5.41 Å². The monoisotopic (exact) mass is 327 g/mol. The summed E-state index contributed by atoms with van der Waals surface area (Å²) in [7, 11) is -3.59. The largest absolute Gasteiger partial charge is 0.465 e. The zero-order chi connectivity index (χ0) is 15.8. The van der Waals surface area contributed by atoms with Crippen LogP contribution in [-0.4, -0.2) is 32.5 Å². The molecule has 2 rings (SSSR count). The van der Waals surface area contributed by atoms with Crippen molar-refractivity contribution in [1.29, 1.82) is 5.26 Å². The second-order valence-electron chi connectivity index (χ2n) is 4.98. The highest BCUT2D eigenvalue weighted by Gasteiger charge is 2.76. The van der Waals surface area contributed by atoms with E-state index >= 15 is 0 Å². The van der Waals surface area contributed by atoms with Gasteiger partial charge in [-0.3, -0.25) is 4.79 Å². The maximum atomic E-state index is 12.1. The van der Waals surface area contributed by atoms with E-state index in [4.69, 9.17) is 16.3 Å². The molecule has 1 fully saturated rings. The molecule has 0 N–H and O–H groups in total. The third-order valence-electron chi connectivity index (χ3n) is 3.60. The minimum Gasteiger partial charge on any atom is -0.465 e. The number of esters is 1. The van der Waals surface area contributed by atoms with E-state index in [9.17, 15) is 18.5 Å². The van der Waals surface area contributed by atoms with Crippen LogP contribution in [0.3, 0.4) is 0 Å². The fourth-order valence-electron chi connectivity index (χ4n) is 2.75. The molecule has 7 heteroatoms.